The highest BCUT2D eigenvalue weighted by Crippen LogP contribution is 2.26. The predicted octanol–water partition coefficient (Wildman–Crippen LogP) is 4.37. The second-order valence-electron chi connectivity index (χ2n) is 8.24. The highest BCUT2D eigenvalue weighted by Gasteiger charge is 2.26. The first-order valence-electron chi connectivity index (χ1n) is 11.2. The number of aryl methyl sites for hydroxylation is 1. The number of rotatable bonds is 10. The van der Waals surface area contributed by atoms with Crippen LogP contribution < -0.4 is 10.6 Å². The monoisotopic (exact) mass is 496 g/mol. The van der Waals surface area contributed by atoms with Crippen LogP contribution in [0.5, 0.6) is 0 Å². The van der Waals surface area contributed by atoms with Crippen molar-refractivity contribution in [3.05, 3.63) is 75.6 Å². The molecule has 0 aliphatic heterocycles. The average molecular weight is 497 g/mol. The largest absolute Gasteiger partial charge is 0.342 e. The van der Waals surface area contributed by atoms with Crippen molar-refractivity contribution in [3.8, 4) is 0 Å². The molecule has 0 aliphatic carbocycles. The van der Waals surface area contributed by atoms with E-state index in [1.807, 2.05) is 43.5 Å². The topological polar surface area (TPSA) is 132 Å². The molecule has 10 nitrogen and oxygen atoms in total. The van der Waals surface area contributed by atoms with Gasteiger partial charge < -0.3 is 15.2 Å². The zero-order chi connectivity index (χ0) is 25.5. The molecule has 11 heteroatoms. The lowest BCUT2D eigenvalue weighted by atomic mass is 10.0. The van der Waals surface area contributed by atoms with Crippen LogP contribution in [0.2, 0.25) is 0 Å². The maximum absolute atomic E-state index is 12.7. The highest BCUT2D eigenvalue weighted by atomic mass is 32.2. The van der Waals surface area contributed by atoms with E-state index in [2.05, 4.69) is 20.8 Å². The van der Waals surface area contributed by atoms with Gasteiger partial charge in [0.05, 0.1) is 16.7 Å². The molecule has 0 spiro atoms. The van der Waals surface area contributed by atoms with E-state index < -0.39 is 4.92 Å². The summed E-state index contributed by atoms with van der Waals surface area (Å²) in [4.78, 5) is 35.9. The first-order chi connectivity index (χ1) is 16.7. The number of hydrogen-bond acceptors (Lipinski definition) is 7. The van der Waals surface area contributed by atoms with Crippen molar-refractivity contribution >= 4 is 35.0 Å². The van der Waals surface area contributed by atoms with E-state index in [4.69, 9.17) is 0 Å². The molecular weight excluding hydrogens is 468 g/mol. The molecule has 0 unspecified atom stereocenters. The fourth-order valence-corrected chi connectivity index (χ4v) is 4.30. The fraction of sp³-hybridized carbons (Fsp3) is 0.333. The Morgan fingerprint density at radius 3 is 2.49 bits per heavy atom. The third kappa shape index (κ3) is 6.44. The van der Waals surface area contributed by atoms with Crippen molar-refractivity contribution < 1.29 is 14.5 Å². The van der Waals surface area contributed by atoms with Crippen LogP contribution in [0.4, 0.5) is 11.4 Å². The number of thioether (sulfide) groups is 1. The number of anilines is 1. The van der Waals surface area contributed by atoms with Gasteiger partial charge in [-0.1, -0.05) is 49.9 Å². The molecule has 2 aromatic carbocycles. The fourth-order valence-electron chi connectivity index (χ4n) is 3.49. The molecule has 35 heavy (non-hydrogen) atoms. The van der Waals surface area contributed by atoms with Gasteiger partial charge in [-0.3, -0.25) is 19.7 Å². The molecule has 0 saturated carbocycles. The summed E-state index contributed by atoms with van der Waals surface area (Å²) < 4.78 is 1.88. The van der Waals surface area contributed by atoms with Crippen LogP contribution in [0, 0.1) is 23.0 Å². The summed E-state index contributed by atoms with van der Waals surface area (Å²) >= 11 is 1.21. The number of benzene rings is 2. The number of nitro benzene ring substituents is 1. The molecule has 1 atom stereocenters. The van der Waals surface area contributed by atoms with E-state index in [1.165, 1.54) is 17.8 Å². The van der Waals surface area contributed by atoms with Crippen LogP contribution in [0.25, 0.3) is 0 Å². The predicted molar refractivity (Wildman–Crippen MR) is 134 cm³/mol. The third-order valence-electron chi connectivity index (χ3n) is 5.35. The van der Waals surface area contributed by atoms with Crippen molar-refractivity contribution in [1.29, 1.82) is 0 Å². The van der Waals surface area contributed by atoms with Gasteiger partial charge in [0.15, 0.2) is 11.0 Å². The van der Waals surface area contributed by atoms with E-state index in [1.54, 1.807) is 31.2 Å². The van der Waals surface area contributed by atoms with Crippen LogP contribution in [0.3, 0.4) is 0 Å². The molecule has 184 valence electrons. The quantitative estimate of drug-likeness (QED) is 0.242. The van der Waals surface area contributed by atoms with Gasteiger partial charge in [-0.25, -0.2) is 0 Å². The number of nitrogens with zero attached hydrogens (tertiary/aromatic N) is 4. The number of carbonyl (C=O) groups is 2. The minimum atomic E-state index is -0.479. The Morgan fingerprint density at radius 2 is 1.86 bits per heavy atom. The van der Waals surface area contributed by atoms with Crippen LogP contribution >= 0.6 is 11.8 Å². The maximum Gasteiger partial charge on any atom is 0.274 e. The Morgan fingerprint density at radius 1 is 1.14 bits per heavy atom. The minimum absolute atomic E-state index is 0.0442. The van der Waals surface area contributed by atoms with E-state index >= 15 is 0 Å². The lowest BCUT2D eigenvalue weighted by Crippen LogP contribution is -2.33. The van der Waals surface area contributed by atoms with Gasteiger partial charge >= 0.3 is 0 Å². The number of amides is 2. The number of nitro groups is 1. The summed E-state index contributed by atoms with van der Waals surface area (Å²) in [5.41, 5.74) is 1.38. The first kappa shape index (κ1) is 25.9. The highest BCUT2D eigenvalue weighted by molar-refractivity contribution is 7.99. The summed E-state index contributed by atoms with van der Waals surface area (Å²) in [6.45, 7) is 8.12. The lowest BCUT2D eigenvalue weighted by Gasteiger charge is -2.22. The molecule has 0 bridgehead atoms. The van der Waals surface area contributed by atoms with Gasteiger partial charge in [-0.2, -0.15) is 0 Å². The molecule has 2 amide bonds. The smallest absolute Gasteiger partial charge is 0.274 e. The lowest BCUT2D eigenvalue weighted by molar-refractivity contribution is -0.385. The summed E-state index contributed by atoms with van der Waals surface area (Å²) in [6, 6.07) is 13.2. The van der Waals surface area contributed by atoms with Crippen LogP contribution in [0.1, 0.15) is 48.6 Å². The number of nitrogens with one attached hydrogen (secondary N) is 2. The molecule has 2 N–H and O–H groups in total. The zero-order valence-corrected chi connectivity index (χ0v) is 20.8. The number of carbonyl (C=O) groups excluding carboxylic acids is 2. The van der Waals surface area contributed by atoms with Crippen molar-refractivity contribution in [2.75, 3.05) is 11.1 Å². The molecule has 3 rings (SSSR count). The summed E-state index contributed by atoms with van der Waals surface area (Å²) in [5, 5.41) is 26.0. The maximum atomic E-state index is 12.7. The van der Waals surface area contributed by atoms with E-state index in [9.17, 15) is 19.7 Å². The van der Waals surface area contributed by atoms with Gasteiger partial charge in [0, 0.05) is 29.4 Å². The first-order valence-corrected chi connectivity index (χ1v) is 12.2. The normalized spacial score (nSPS) is 11.8. The Hall–Kier alpha value is -3.73. The minimum Gasteiger partial charge on any atom is -0.342 e. The summed E-state index contributed by atoms with van der Waals surface area (Å²) in [6.07, 6.45) is 0. The van der Waals surface area contributed by atoms with Crippen LogP contribution in [0.15, 0.2) is 53.7 Å². The SMILES string of the molecule is CCn1c(SCC(=O)Nc2ccc(C)c([N+](=O)[O-])c2)nnc1[C@H](NC(=O)c1ccccc1)C(C)C. The van der Waals surface area contributed by atoms with Gasteiger partial charge in [-0.05, 0) is 38.0 Å². The van der Waals surface area contributed by atoms with Gasteiger partial charge in [-0.15, -0.1) is 10.2 Å². The molecule has 3 aromatic rings. The summed E-state index contributed by atoms with van der Waals surface area (Å²) in [7, 11) is 0. The standard InChI is InChI=1S/C24H28N6O4S/c1-5-29-22(21(15(2)3)26-23(32)17-9-7-6-8-10-17)27-28-24(29)35-14-20(31)25-18-12-11-16(4)19(13-18)30(33)34/h6-13,15,21H,5,14H2,1-4H3,(H,25,31)(H,26,32)/t21-/m1/s1. The third-order valence-corrected chi connectivity index (χ3v) is 6.32. The Bertz CT molecular complexity index is 1210. The molecule has 1 aromatic heterocycles. The molecule has 1 heterocycles. The van der Waals surface area contributed by atoms with Crippen molar-refractivity contribution in [1.82, 2.24) is 20.1 Å². The summed E-state index contributed by atoms with van der Waals surface area (Å²) in [5.74, 6) is 0.191. The second-order valence-corrected chi connectivity index (χ2v) is 9.18. The van der Waals surface area contributed by atoms with Crippen LogP contribution in [-0.4, -0.2) is 37.3 Å². The second kappa shape index (κ2) is 11.6. The molecule has 0 fully saturated rings. The van der Waals surface area contributed by atoms with Gasteiger partial charge in [0.25, 0.3) is 11.6 Å². The van der Waals surface area contributed by atoms with Crippen molar-refractivity contribution in [2.45, 2.75) is 45.4 Å². The van der Waals surface area contributed by atoms with E-state index in [0.29, 0.717) is 34.3 Å². The average Bonchev–Trinajstić information content (AvgIpc) is 3.24. The van der Waals surface area contributed by atoms with Crippen LogP contribution in [-0.2, 0) is 11.3 Å². The van der Waals surface area contributed by atoms with Gasteiger partial charge in [0.1, 0.15) is 0 Å². The molecular formula is C24H28N6O4S. The van der Waals surface area contributed by atoms with Crippen molar-refractivity contribution in [3.63, 3.8) is 0 Å². The molecule has 0 aliphatic rings. The Kier molecular flexibility index (Phi) is 8.58. The molecule has 0 radical (unpaired) electrons. The Balaban J connectivity index is 1.70. The molecule has 0 saturated heterocycles. The van der Waals surface area contributed by atoms with Gasteiger partial charge in [0.2, 0.25) is 5.91 Å². The Labute approximate surface area is 207 Å². The number of hydrogen-bond donors (Lipinski definition) is 2. The van der Waals surface area contributed by atoms with Crippen molar-refractivity contribution in [2.24, 2.45) is 5.92 Å². The zero-order valence-electron chi connectivity index (χ0n) is 20.0. The number of aromatic nitrogens is 3. The van der Waals surface area contributed by atoms with E-state index in [0.717, 1.165) is 0 Å². The van der Waals surface area contributed by atoms with E-state index in [-0.39, 0.29) is 35.2 Å².